The Morgan fingerprint density at radius 3 is 2.71 bits per heavy atom. The number of benzene rings is 1. The predicted octanol–water partition coefficient (Wildman–Crippen LogP) is 1.63. The van der Waals surface area contributed by atoms with Gasteiger partial charge in [-0.25, -0.2) is 4.79 Å². The first-order valence-electron chi connectivity index (χ1n) is 9.74. The normalized spacial score (nSPS) is 27.0. The summed E-state index contributed by atoms with van der Waals surface area (Å²) in [7, 11) is 0. The van der Waals surface area contributed by atoms with E-state index in [4.69, 9.17) is 9.47 Å². The van der Waals surface area contributed by atoms with E-state index in [1.54, 1.807) is 30.0 Å². The fourth-order valence-corrected chi connectivity index (χ4v) is 4.09. The molecule has 2 fully saturated rings. The molecule has 2 atom stereocenters. The van der Waals surface area contributed by atoms with Gasteiger partial charge in [0.15, 0.2) is 11.5 Å². The Labute approximate surface area is 163 Å². The van der Waals surface area contributed by atoms with Gasteiger partial charge < -0.3 is 19.7 Å². The van der Waals surface area contributed by atoms with Crippen LogP contribution in [0.2, 0.25) is 0 Å². The number of piperidine rings is 1. The van der Waals surface area contributed by atoms with Crippen molar-refractivity contribution in [3.63, 3.8) is 0 Å². The summed E-state index contributed by atoms with van der Waals surface area (Å²) in [4.78, 5) is 41.1. The highest BCUT2D eigenvalue weighted by molar-refractivity contribution is 6.09. The van der Waals surface area contributed by atoms with Crippen molar-refractivity contribution in [1.29, 1.82) is 0 Å². The maximum Gasteiger partial charge on any atom is 0.325 e. The number of imide groups is 1. The van der Waals surface area contributed by atoms with Crippen LogP contribution in [0, 0.1) is 0 Å². The Morgan fingerprint density at radius 2 is 1.96 bits per heavy atom. The molecule has 1 N–H and O–H groups in total. The third-order valence-corrected chi connectivity index (χ3v) is 5.81. The van der Waals surface area contributed by atoms with Crippen molar-refractivity contribution in [3.05, 3.63) is 23.8 Å². The van der Waals surface area contributed by atoms with E-state index in [1.807, 2.05) is 6.92 Å². The number of amides is 4. The molecule has 2 saturated heterocycles. The maximum atomic E-state index is 13.1. The number of likely N-dealkylation sites (tertiary alicyclic amines) is 1. The molecule has 8 nitrogen and oxygen atoms in total. The standard InChI is InChI=1S/C20H25N3O5/c1-13-5-3-4-8-22(13)17(24)12-23-18(25)20(2,21-19(23)26)14-6-7-15-16(11-14)28-10-9-27-15/h6-7,11,13H,3-5,8-10,12H2,1-2H3,(H,21,26)/t13-,20+/m1/s1. The van der Waals surface area contributed by atoms with Crippen molar-refractivity contribution in [2.75, 3.05) is 26.3 Å². The van der Waals surface area contributed by atoms with Gasteiger partial charge in [-0.05, 0) is 50.8 Å². The van der Waals surface area contributed by atoms with Crippen molar-refractivity contribution < 1.29 is 23.9 Å². The van der Waals surface area contributed by atoms with Gasteiger partial charge >= 0.3 is 6.03 Å². The number of carbonyl (C=O) groups is 3. The van der Waals surface area contributed by atoms with Gasteiger partial charge in [-0.2, -0.15) is 0 Å². The average molecular weight is 387 g/mol. The van der Waals surface area contributed by atoms with E-state index < -0.39 is 17.5 Å². The molecular formula is C20H25N3O5. The number of nitrogens with one attached hydrogen (secondary N) is 1. The topological polar surface area (TPSA) is 88.2 Å². The minimum Gasteiger partial charge on any atom is -0.486 e. The van der Waals surface area contributed by atoms with Crippen LogP contribution in [0.4, 0.5) is 4.79 Å². The fraction of sp³-hybridized carbons (Fsp3) is 0.550. The molecule has 3 aliphatic rings. The van der Waals surface area contributed by atoms with Crippen LogP contribution in [-0.2, 0) is 15.1 Å². The van der Waals surface area contributed by atoms with E-state index in [2.05, 4.69) is 5.32 Å². The van der Waals surface area contributed by atoms with Crippen LogP contribution in [0.3, 0.4) is 0 Å². The van der Waals surface area contributed by atoms with Gasteiger partial charge in [-0.15, -0.1) is 0 Å². The minimum absolute atomic E-state index is 0.131. The Kier molecular flexibility index (Phi) is 4.64. The van der Waals surface area contributed by atoms with E-state index in [9.17, 15) is 14.4 Å². The fourth-order valence-electron chi connectivity index (χ4n) is 4.09. The van der Waals surface area contributed by atoms with Crippen molar-refractivity contribution in [3.8, 4) is 11.5 Å². The molecular weight excluding hydrogens is 362 g/mol. The summed E-state index contributed by atoms with van der Waals surface area (Å²) >= 11 is 0. The predicted molar refractivity (Wildman–Crippen MR) is 100 cm³/mol. The molecule has 3 heterocycles. The minimum atomic E-state index is -1.25. The summed E-state index contributed by atoms with van der Waals surface area (Å²) in [5.74, 6) is 0.527. The smallest absolute Gasteiger partial charge is 0.325 e. The van der Waals surface area contributed by atoms with Crippen molar-refractivity contribution in [1.82, 2.24) is 15.1 Å². The monoisotopic (exact) mass is 387 g/mol. The molecule has 3 aliphatic heterocycles. The van der Waals surface area contributed by atoms with Gasteiger partial charge in [0, 0.05) is 12.6 Å². The second-order valence-electron chi connectivity index (χ2n) is 7.74. The summed E-state index contributed by atoms with van der Waals surface area (Å²) < 4.78 is 11.1. The summed E-state index contributed by atoms with van der Waals surface area (Å²) in [6.07, 6.45) is 2.99. The van der Waals surface area contributed by atoms with E-state index in [0.29, 0.717) is 36.8 Å². The maximum absolute atomic E-state index is 13.1. The number of nitrogens with zero attached hydrogens (tertiary/aromatic N) is 2. The lowest BCUT2D eigenvalue weighted by atomic mass is 9.91. The zero-order valence-electron chi connectivity index (χ0n) is 16.2. The third-order valence-electron chi connectivity index (χ3n) is 5.81. The first kappa shape index (κ1) is 18.6. The number of ether oxygens (including phenoxy) is 2. The first-order chi connectivity index (χ1) is 13.4. The van der Waals surface area contributed by atoms with Gasteiger partial charge in [0.05, 0.1) is 0 Å². The molecule has 0 radical (unpaired) electrons. The second-order valence-corrected chi connectivity index (χ2v) is 7.74. The lowest BCUT2D eigenvalue weighted by molar-refractivity contribution is -0.140. The number of urea groups is 1. The summed E-state index contributed by atoms with van der Waals surface area (Å²) in [5, 5.41) is 2.74. The molecule has 0 aromatic heterocycles. The van der Waals surface area contributed by atoms with Crippen molar-refractivity contribution in [2.24, 2.45) is 0 Å². The molecule has 28 heavy (non-hydrogen) atoms. The average Bonchev–Trinajstić information content (AvgIpc) is 2.92. The van der Waals surface area contributed by atoms with Crippen LogP contribution in [0.15, 0.2) is 18.2 Å². The molecule has 0 saturated carbocycles. The molecule has 150 valence electrons. The van der Waals surface area contributed by atoms with Crippen molar-refractivity contribution in [2.45, 2.75) is 44.7 Å². The highest BCUT2D eigenvalue weighted by atomic mass is 16.6. The molecule has 1 aromatic rings. The van der Waals surface area contributed by atoms with E-state index in [-0.39, 0.29) is 18.5 Å². The van der Waals surface area contributed by atoms with Crippen LogP contribution in [0.1, 0.15) is 38.7 Å². The summed E-state index contributed by atoms with van der Waals surface area (Å²) in [6.45, 7) is 4.99. The lowest BCUT2D eigenvalue weighted by Crippen LogP contribution is -2.48. The molecule has 0 unspecified atom stereocenters. The molecule has 0 bridgehead atoms. The molecule has 4 amide bonds. The van der Waals surface area contributed by atoms with Gasteiger partial charge in [0.2, 0.25) is 5.91 Å². The lowest BCUT2D eigenvalue weighted by Gasteiger charge is -2.34. The Hall–Kier alpha value is -2.77. The Bertz CT molecular complexity index is 826. The zero-order valence-corrected chi connectivity index (χ0v) is 16.2. The number of carbonyl (C=O) groups excluding carboxylic acids is 3. The van der Waals surface area contributed by atoms with Crippen LogP contribution >= 0.6 is 0 Å². The van der Waals surface area contributed by atoms with Gasteiger partial charge in [0.25, 0.3) is 5.91 Å². The molecule has 0 aliphatic carbocycles. The highest BCUT2D eigenvalue weighted by Crippen LogP contribution is 2.36. The quantitative estimate of drug-likeness (QED) is 0.797. The van der Waals surface area contributed by atoms with Gasteiger partial charge in [-0.1, -0.05) is 6.07 Å². The Morgan fingerprint density at radius 1 is 1.21 bits per heavy atom. The molecule has 8 heteroatoms. The second kappa shape index (κ2) is 7.00. The first-order valence-corrected chi connectivity index (χ1v) is 9.74. The van der Waals surface area contributed by atoms with E-state index in [0.717, 1.165) is 24.2 Å². The third kappa shape index (κ3) is 3.06. The van der Waals surface area contributed by atoms with Crippen LogP contribution < -0.4 is 14.8 Å². The SMILES string of the molecule is C[C@@H]1CCCCN1C(=O)CN1C(=O)N[C@@](C)(c2ccc3c(c2)OCCO3)C1=O. The van der Waals surface area contributed by atoms with Crippen LogP contribution in [-0.4, -0.2) is 60.0 Å². The number of rotatable bonds is 3. The molecule has 1 aromatic carbocycles. The van der Waals surface area contributed by atoms with Crippen LogP contribution in [0.5, 0.6) is 11.5 Å². The zero-order chi connectivity index (χ0) is 19.9. The molecule has 4 rings (SSSR count). The van der Waals surface area contributed by atoms with Gasteiger partial charge in [-0.3, -0.25) is 14.5 Å². The van der Waals surface area contributed by atoms with Crippen molar-refractivity contribution >= 4 is 17.8 Å². The number of hydrogen-bond donors (Lipinski definition) is 1. The van der Waals surface area contributed by atoms with E-state index >= 15 is 0 Å². The Balaban J connectivity index is 1.54. The van der Waals surface area contributed by atoms with Crippen LogP contribution in [0.25, 0.3) is 0 Å². The highest BCUT2D eigenvalue weighted by Gasteiger charge is 2.50. The molecule has 0 spiro atoms. The van der Waals surface area contributed by atoms with Gasteiger partial charge in [0.1, 0.15) is 25.3 Å². The number of fused-ring (bicyclic) bond motifs is 1. The summed E-state index contributed by atoms with van der Waals surface area (Å²) in [5.41, 5.74) is -0.655. The summed E-state index contributed by atoms with van der Waals surface area (Å²) in [6, 6.07) is 4.76. The largest absolute Gasteiger partial charge is 0.486 e. The number of hydrogen-bond acceptors (Lipinski definition) is 5. The van der Waals surface area contributed by atoms with E-state index in [1.165, 1.54) is 0 Å².